The van der Waals surface area contributed by atoms with Crippen LogP contribution in [0.3, 0.4) is 0 Å². The van der Waals surface area contributed by atoms with Crippen LogP contribution in [-0.4, -0.2) is 49.4 Å². The number of ether oxygens (including phenoxy) is 1. The van der Waals surface area contributed by atoms with Gasteiger partial charge in [0.1, 0.15) is 6.04 Å². The molecule has 6 nitrogen and oxygen atoms in total. The minimum atomic E-state index is -0.702. The summed E-state index contributed by atoms with van der Waals surface area (Å²) in [5.74, 6) is -0.896. The Labute approximate surface area is 148 Å². The van der Waals surface area contributed by atoms with E-state index in [4.69, 9.17) is 4.74 Å². The van der Waals surface area contributed by atoms with Crippen LogP contribution in [0.1, 0.15) is 29.9 Å². The van der Waals surface area contributed by atoms with Crippen LogP contribution in [0, 0.1) is 5.92 Å². The van der Waals surface area contributed by atoms with Crippen LogP contribution in [0.25, 0.3) is 0 Å². The number of carbonyl (C=O) groups excluding carboxylic acids is 3. The molecule has 0 aliphatic rings. The van der Waals surface area contributed by atoms with Gasteiger partial charge >= 0.3 is 5.97 Å². The van der Waals surface area contributed by atoms with E-state index in [1.54, 1.807) is 19.2 Å². The first-order valence-electron chi connectivity index (χ1n) is 7.12. The highest BCUT2D eigenvalue weighted by Gasteiger charge is 2.24. The lowest BCUT2D eigenvalue weighted by atomic mass is 10.0. The van der Waals surface area contributed by atoms with Crippen molar-refractivity contribution in [3.63, 3.8) is 0 Å². The smallest absolute Gasteiger partial charge is 0.328 e. The number of hydrogen-bond donors (Lipinski definition) is 1. The fourth-order valence-corrected chi connectivity index (χ4v) is 3.35. The van der Waals surface area contributed by atoms with Crippen molar-refractivity contribution in [2.24, 2.45) is 5.92 Å². The van der Waals surface area contributed by atoms with E-state index >= 15 is 0 Å². The predicted molar refractivity (Wildman–Crippen MR) is 92.4 cm³/mol. The molecule has 23 heavy (non-hydrogen) atoms. The molecule has 0 aromatic carbocycles. The van der Waals surface area contributed by atoms with Crippen LogP contribution in [0.4, 0.5) is 0 Å². The molecule has 1 N–H and O–H groups in total. The van der Waals surface area contributed by atoms with Gasteiger partial charge in [-0.1, -0.05) is 13.8 Å². The highest BCUT2D eigenvalue weighted by molar-refractivity contribution is 9.11. The third-order valence-electron chi connectivity index (χ3n) is 3.04. The highest BCUT2D eigenvalue weighted by atomic mass is 79.9. The minimum Gasteiger partial charge on any atom is -0.467 e. The van der Waals surface area contributed by atoms with Crippen LogP contribution < -0.4 is 5.32 Å². The molecule has 0 saturated carbocycles. The molecule has 1 atom stereocenters. The second kappa shape index (κ2) is 9.02. The zero-order valence-electron chi connectivity index (χ0n) is 13.6. The van der Waals surface area contributed by atoms with Crippen molar-refractivity contribution in [3.8, 4) is 0 Å². The number of thiophene rings is 1. The molecule has 0 aliphatic carbocycles. The van der Waals surface area contributed by atoms with Gasteiger partial charge in [-0.25, -0.2) is 4.79 Å². The molecule has 1 aromatic rings. The summed E-state index contributed by atoms with van der Waals surface area (Å²) >= 11 is 4.60. The predicted octanol–water partition coefficient (Wildman–Crippen LogP) is 2.29. The van der Waals surface area contributed by atoms with E-state index in [1.807, 2.05) is 13.8 Å². The number of carbonyl (C=O) groups is 3. The van der Waals surface area contributed by atoms with Gasteiger partial charge in [0.05, 0.1) is 22.3 Å². The Hall–Kier alpha value is -1.41. The number of nitrogens with zero attached hydrogens (tertiary/aromatic N) is 1. The van der Waals surface area contributed by atoms with Gasteiger partial charge in [-0.05, 0) is 40.4 Å². The lowest BCUT2D eigenvalue weighted by molar-refractivity contribution is -0.145. The maximum absolute atomic E-state index is 12.2. The Balaban J connectivity index is 2.62. The van der Waals surface area contributed by atoms with Crippen molar-refractivity contribution in [2.75, 3.05) is 20.7 Å². The number of likely N-dealkylation sites (N-methyl/N-ethyl adjacent to an activating group) is 1. The number of hydrogen-bond acceptors (Lipinski definition) is 5. The molecule has 1 aromatic heterocycles. The third-order valence-corrected chi connectivity index (χ3v) is 4.65. The van der Waals surface area contributed by atoms with Gasteiger partial charge in [-0.2, -0.15) is 0 Å². The maximum atomic E-state index is 12.2. The second-order valence-corrected chi connectivity index (χ2v) is 8.00. The van der Waals surface area contributed by atoms with Crippen molar-refractivity contribution in [2.45, 2.75) is 26.3 Å². The Morgan fingerprint density at radius 3 is 2.48 bits per heavy atom. The molecule has 1 heterocycles. The topological polar surface area (TPSA) is 75.7 Å². The molecular formula is C15H21BrN2O4S. The van der Waals surface area contributed by atoms with Gasteiger partial charge < -0.3 is 15.0 Å². The zero-order chi connectivity index (χ0) is 17.6. The van der Waals surface area contributed by atoms with Crippen molar-refractivity contribution in [1.82, 2.24) is 10.2 Å². The molecule has 8 heteroatoms. The molecule has 0 bridgehead atoms. The fourth-order valence-electron chi connectivity index (χ4n) is 1.97. The maximum Gasteiger partial charge on any atom is 0.328 e. The van der Waals surface area contributed by atoms with Crippen LogP contribution >= 0.6 is 27.3 Å². The van der Waals surface area contributed by atoms with E-state index in [-0.39, 0.29) is 18.4 Å². The standard InChI is InChI=1S/C15H21BrN2O4S/c1-9(2)7-10(15(21)22-4)17-13(19)8-18(3)14(20)11-5-6-12(16)23-11/h5-6,9-10H,7-8H2,1-4H3,(H,17,19). The Morgan fingerprint density at radius 1 is 1.35 bits per heavy atom. The van der Waals surface area contributed by atoms with Crippen LogP contribution in [-0.2, 0) is 14.3 Å². The number of nitrogens with one attached hydrogen (secondary N) is 1. The van der Waals surface area contributed by atoms with Gasteiger partial charge in [0.2, 0.25) is 5.91 Å². The first kappa shape index (κ1) is 19.6. The van der Waals surface area contributed by atoms with Crippen molar-refractivity contribution >= 4 is 45.1 Å². The van der Waals surface area contributed by atoms with E-state index in [0.717, 1.165) is 3.79 Å². The van der Waals surface area contributed by atoms with Gasteiger partial charge in [0, 0.05) is 7.05 Å². The van der Waals surface area contributed by atoms with E-state index < -0.39 is 17.9 Å². The molecule has 0 spiro atoms. The quantitative estimate of drug-likeness (QED) is 0.707. The van der Waals surface area contributed by atoms with Gasteiger partial charge in [-0.15, -0.1) is 11.3 Å². The molecular weight excluding hydrogens is 384 g/mol. The summed E-state index contributed by atoms with van der Waals surface area (Å²) in [6, 6.07) is 2.77. The molecule has 0 saturated heterocycles. The molecule has 2 amide bonds. The van der Waals surface area contributed by atoms with Gasteiger partial charge in [-0.3, -0.25) is 9.59 Å². The van der Waals surface area contributed by atoms with Crippen LogP contribution in [0.2, 0.25) is 0 Å². The Kier molecular flexibility index (Phi) is 7.70. The van der Waals surface area contributed by atoms with Gasteiger partial charge in [0.15, 0.2) is 0 Å². The Morgan fingerprint density at radius 2 is 2.00 bits per heavy atom. The summed E-state index contributed by atoms with van der Waals surface area (Å²) in [6.45, 7) is 3.78. The lowest BCUT2D eigenvalue weighted by Crippen LogP contribution is -2.46. The monoisotopic (exact) mass is 404 g/mol. The average Bonchev–Trinajstić information content (AvgIpc) is 2.90. The molecule has 0 radical (unpaired) electrons. The number of methoxy groups -OCH3 is 1. The molecule has 1 unspecified atom stereocenters. The lowest BCUT2D eigenvalue weighted by Gasteiger charge is -2.21. The molecule has 0 fully saturated rings. The van der Waals surface area contributed by atoms with E-state index in [1.165, 1.54) is 23.3 Å². The van der Waals surface area contributed by atoms with Crippen molar-refractivity contribution < 1.29 is 19.1 Å². The first-order valence-corrected chi connectivity index (χ1v) is 8.73. The normalized spacial score (nSPS) is 11.9. The molecule has 1 rings (SSSR count). The average molecular weight is 405 g/mol. The summed E-state index contributed by atoms with van der Waals surface area (Å²) in [6.07, 6.45) is 0.480. The zero-order valence-corrected chi connectivity index (χ0v) is 16.0. The second-order valence-electron chi connectivity index (χ2n) is 5.54. The van der Waals surface area contributed by atoms with E-state index in [0.29, 0.717) is 11.3 Å². The highest BCUT2D eigenvalue weighted by Crippen LogP contribution is 2.22. The number of rotatable bonds is 7. The fraction of sp³-hybridized carbons (Fsp3) is 0.533. The SMILES string of the molecule is COC(=O)C(CC(C)C)NC(=O)CN(C)C(=O)c1ccc(Br)s1. The summed E-state index contributed by atoms with van der Waals surface area (Å²) in [7, 11) is 2.83. The number of halogens is 1. The Bertz CT molecular complexity index is 574. The summed E-state index contributed by atoms with van der Waals surface area (Å²) in [5, 5.41) is 2.63. The summed E-state index contributed by atoms with van der Waals surface area (Å²) in [5.41, 5.74) is 0. The van der Waals surface area contributed by atoms with Crippen LogP contribution in [0.15, 0.2) is 15.9 Å². The molecule has 0 aliphatic heterocycles. The largest absolute Gasteiger partial charge is 0.467 e. The van der Waals surface area contributed by atoms with E-state index in [9.17, 15) is 14.4 Å². The summed E-state index contributed by atoms with van der Waals surface area (Å²) < 4.78 is 5.55. The first-order chi connectivity index (χ1) is 10.7. The van der Waals surface area contributed by atoms with E-state index in [2.05, 4.69) is 21.2 Å². The third kappa shape index (κ3) is 6.31. The number of esters is 1. The van der Waals surface area contributed by atoms with Crippen LogP contribution in [0.5, 0.6) is 0 Å². The minimum absolute atomic E-state index is 0.125. The van der Waals surface area contributed by atoms with Gasteiger partial charge in [0.25, 0.3) is 5.91 Å². The molecule has 128 valence electrons. The number of amides is 2. The van der Waals surface area contributed by atoms with Crippen molar-refractivity contribution in [3.05, 3.63) is 20.8 Å². The summed E-state index contributed by atoms with van der Waals surface area (Å²) in [4.78, 5) is 37.8. The van der Waals surface area contributed by atoms with Crippen molar-refractivity contribution in [1.29, 1.82) is 0 Å².